The molecule has 1 aliphatic carbocycles. The van der Waals surface area contributed by atoms with E-state index in [0.29, 0.717) is 0 Å². The number of hydrogen-bond donors (Lipinski definition) is 0. The highest BCUT2D eigenvalue weighted by molar-refractivity contribution is 6.18. The van der Waals surface area contributed by atoms with Gasteiger partial charge in [0.1, 0.15) is 5.69 Å². The van der Waals surface area contributed by atoms with E-state index in [9.17, 15) is 0 Å². The largest absolute Gasteiger partial charge is 0.463 e. The summed E-state index contributed by atoms with van der Waals surface area (Å²) in [6.45, 7) is 0. The third-order valence-electron chi connectivity index (χ3n) is 7.31. The second-order valence-corrected chi connectivity index (χ2v) is 9.28. The van der Waals surface area contributed by atoms with Crippen molar-refractivity contribution in [3.05, 3.63) is 108 Å². The van der Waals surface area contributed by atoms with Crippen molar-refractivity contribution in [2.75, 3.05) is 0 Å². The maximum Gasteiger partial charge on any atom is 0.154 e. The normalized spacial score (nSPS) is 13.5. The second-order valence-electron chi connectivity index (χ2n) is 9.28. The van der Waals surface area contributed by atoms with Crippen LogP contribution in [0.25, 0.3) is 43.8 Å². The van der Waals surface area contributed by atoms with Crippen LogP contribution >= 0.6 is 0 Å². The van der Waals surface area contributed by atoms with Gasteiger partial charge in [0, 0.05) is 6.42 Å². The number of benzene rings is 4. The maximum absolute atomic E-state index is 5.81. The van der Waals surface area contributed by atoms with Crippen LogP contribution < -0.4 is 0 Å². The van der Waals surface area contributed by atoms with E-state index in [2.05, 4.69) is 71.8 Å². The molecule has 4 aromatic carbocycles. The van der Waals surface area contributed by atoms with E-state index in [1.54, 1.807) is 6.26 Å². The Bertz CT molecular complexity index is 1680. The lowest BCUT2D eigenvalue weighted by molar-refractivity contribution is 0.575. The number of aromatic nitrogens is 2. The minimum atomic E-state index is 0.797. The number of aryl methyl sites for hydroxylation is 1. The molecule has 0 unspecified atom stereocenters. The smallest absolute Gasteiger partial charge is 0.154 e. The fourth-order valence-electron chi connectivity index (χ4n) is 5.74. The van der Waals surface area contributed by atoms with Gasteiger partial charge < -0.3 is 4.42 Å². The van der Waals surface area contributed by atoms with Crippen LogP contribution in [-0.2, 0) is 19.3 Å². The van der Waals surface area contributed by atoms with E-state index >= 15 is 0 Å². The number of furan rings is 1. The Morgan fingerprint density at radius 3 is 2.41 bits per heavy atom. The van der Waals surface area contributed by atoms with E-state index in [4.69, 9.17) is 9.52 Å². The van der Waals surface area contributed by atoms with Gasteiger partial charge in [-0.1, -0.05) is 66.7 Å². The fourth-order valence-corrected chi connectivity index (χ4v) is 5.74. The lowest BCUT2D eigenvalue weighted by Gasteiger charge is -2.21. The van der Waals surface area contributed by atoms with Crippen molar-refractivity contribution in [3.8, 4) is 11.5 Å². The lowest BCUT2D eigenvalue weighted by Crippen LogP contribution is -2.13. The fraction of sp³-hybridized carbons (Fsp3) is 0.161. The molecule has 0 atom stereocenters. The van der Waals surface area contributed by atoms with Crippen molar-refractivity contribution >= 4 is 32.3 Å². The summed E-state index contributed by atoms with van der Waals surface area (Å²) in [6, 6.07) is 28.3. The van der Waals surface area contributed by atoms with Gasteiger partial charge in [-0.2, -0.15) is 5.10 Å². The van der Waals surface area contributed by atoms with Gasteiger partial charge in [-0.15, -0.1) is 5.10 Å². The molecule has 1 aliphatic rings. The van der Waals surface area contributed by atoms with Crippen molar-refractivity contribution in [1.29, 1.82) is 0 Å². The molecule has 0 fully saturated rings. The maximum atomic E-state index is 5.81. The molecule has 0 aliphatic heterocycles. The molecule has 3 heteroatoms. The van der Waals surface area contributed by atoms with Crippen LogP contribution in [0, 0.1) is 0 Å². The highest BCUT2D eigenvalue weighted by Crippen LogP contribution is 2.38. The average molecular weight is 441 g/mol. The van der Waals surface area contributed by atoms with Crippen LogP contribution in [0.1, 0.15) is 35.2 Å². The summed E-state index contributed by atoms with van der Waals surface area (Å²) in [5, 5.41) is 17.1. The molecule has 0 radical (unpaired) electrons. The van der Waals surface area contributed by atoms with Crippen LogP contribution in [-0.4, -0.2) is 10.2 Å². The summed E-state index contributed by atoms with van der Waals surface area (Å²) in [7, 11) is 0. The van der Waals surface area contributed by atoms with Crippen molar-refractivity contribution in [3.63, 3.8) is 0 Å². The zero-order valence-corrected chi connectivity index (χ0v) is 18.9. The third kappa shape index (κ3) is 3.04. The summed E-state index contributed by atoms with van der Waals surface area (Å²) in [5.41, 5.74) is 6.01. The van der Waals surface area contributed by atoms with E-state index in [1.807, 2.05) is 12.1 Å². The number of nitrogens with zero attached hydrogens (tertiary/aromatic N) is 2. The number of rotatable bonds is 3. The first-order chi connectivity index (χ1) is 16.9. The molecule has 0 saturated heterocycles. The molecular formula is C31H24N2O. The zero-order chi connectivity index (χ0) is 22.5. The monoisotopic (exact) mass is 440 g/mol. The Hall–Kier alpha value is -3.98. The predicted molar refractivity (Wildman–Crippen MR) is 138 cm³/mol. The van der Waals surface area contributed by atoms with Crippen molar-refractivity contribution in [2.24, 2.45) is 0 Å². The summed E-state index contributed by atoms with van der Waals surface area (Å²) in [5.74, 6) is 0.797. The molecule has 2 aromatic heterocycles. The Kier molecular flexibility index (Phi) is 4.47. The topological polar surface area (TPSA) is 38.9 Å². The van der Waals surface area contributed by atoms with E-state index in [1.165, 1.54) is 61.8 Å². The van der Waals surface area contributed by atoms with Gasteiger partial charge in [0.25, 0.3) is 0 Å². The lowest BCUT2D eigenvalue weighted by atomic mass is 9.85. The van der Waals surface area contributed by atoms with E-state index in [0.717, 1.165) is 36.4 Å². The van der Waals surface area contributed by atoms with E-state index < -0.39 is 0 Å². The van der Waals surface area contributed by atoms with Gasteiger partial charge in [-0.3, -0.25) is 0 Å². The van der Waals surface area contributed by atoms with Crippen LogP contribution in [0.3, 0.4) is 0 Å². The standard InChI is InChI=1S/C31H24N2O/c1-4-11-24-20(8-1)15-16-26-23-10-3-2-9-21(23)18-22(30(24)26)19-27-25-12-5-6-13-28(25)32-33-31(27)29-14-7-17-34-29/h1-4,7-11,14-18H,5-6,12-13,19H2. The summed E-state index contributed by atoms with van der Waals surface area (Å²) in [6.07, 6.45) is 6.98. The molecule has 0 saturated carbocycles. The quantitative estimate of drug-likeness (QED) is 0.265. The molecule has 0 amide bonds. The summed E-state index contributed by atoms with van der Waals surface area (Å²) >= 11 is 0. The minimum absolute atomic E-state index is 0.797. The first-order valence-electron chi connectivity index (χ1n) is 12.1. The van der Waals surface area contributed by atoms with E-state index in [-0.39, 0.29) is 0 Å². The highest BCUT2D eigenvalue weighted by Gasteiger charge is 2.23. The average Bonchev–Trinajstić information content (AvgIpc) is 3.43. The third-order valence-corrected chi connectivity index (χ3v) is 7.31. The van der Waals surface area contributed by atoms with Gasteiger partial charge in [0.15, 0.2) is 5.76 Å². The Morgan fingerprint density at radius 1 is 0.706 bits per heavy atom. The molecule has 6 aromatic rings. The molecule has 3 nitrogen and oxygen atoms in total. The molecule has 2 heterocycles. The minimum Gasteiger partial charge on any atom is -0.463 e. The van der Waals surface area contributed by atoms with Crippen LogP contribution in [0.5, 0.6) is 0 Å². The summed E-state index contributed by atoms with van der Waals surface area (Å²) in [4.78, 5) is 0. The second kappa shape index (κ2) is 7.81. The van der Waals surface area contributed by atoms with Crippen LogP contribution in [0.2, 0.25) is 0 Å². The number of hydrogen-bond acceptors (Lipinski definition) is 3. The molecule has 34 heavy (non-hydrogen) atoms. The highest BCUT2D eigenvalue weighted by atomic mass is 16.3. The van der Waals surface area contributed by atoms with Crippen molar-refractivity contribution in [1.82, 2.24) is 10.2 Å². The Morgan fingerprint density at radius 2 is 1.53 bits per heavy atom. The molecular weight excluding hydrogens is 416 g/mol. The zero-order valence-electron chi connectivity index (χ0n) is 18.9. The van der Waals surface area contributed by atoms with Crippen molar-refractivity contribution < 1.29 is 4.42 Å². The first kappa shape index (κ1) is 19.5. The first-order valence-corrected chi connectivity index (χ1v) is 12.1. The SMILES string of the molecule is c1coc(-c2nnc3c(c2Cc2cc4ccccc4c4ccc5ccccc5c24)CCCC3)c1. The molecule has 0 bridgehead atoms. The molecule has 164 valence electrons. The van der Waals surface area contributed by atoms with Crippen molar-refractivity contribution in [2.45, 2.75) is 32.1 Å². The van der Waals surface area contributed by atoms with Gasteiger partial charge in [0.2, 0.25) is 0 Å². The Labute approximate surface area is 198 Å². The van der Waals surface area contributed by atoms with Crippen LogP contribution in [0.4, 0.5) is 0 Å². The van der Waals surface area contributed by atoms with Gasteiger partial charge >= 0.3 is 0 Å². The summed E-state index contributed by atoms with van der Waals surface area (Å²) < 4.78 is 5.81. The molecule has 0 spiro atoms. The van der Waals surface area contributed by atoms with Gasteiger partial charge in [-0.25, -0.2) is 0 Å². The predicted octanol–water partition coefficient (Wildman–Crippen LogP) is 7.67. The van der Waals surface area contributed by atoms with Gasteiger partial charge in [-0.05, 0) is 86.8 Å². The number of fused-ring (bicyclic) bond motifs is 6. The molecule has 0 N–H and O–H groups in total. The Balaban J connectivity index is 1.55. The van der Waals surface area contributed by atoms with Crippen LogP contribution in [0.15, 0.2) is 89.5 Å². The van der Waals surface area contributed by atoms with Gasteiger partial charge in [0.05, 0.1) is 12.0 Å². The molecule has 7 rings (SSSR count).